The number of benzene rings is 1. The maximum absolute atomic E-state index is 12.3. The molecule has 1 fully saturated rings. The number of carbonyl (C=O) groups is 1. The Balaban J connectivity index is 1.88. The van der Waals surface area contributed by atoms with Crippen molar-refractivity contribution in [2.24, 2.45) is 5.73 Å². The lowest BCUT2D eigenvalue weighted by Gasteiger charge is -2.16. The summed E-state index contributed by atoms with van der Waals surface area (Å²) < 4.78 is 2.06. The first-order chi connectivity index (χ1) is 9.70. The number of hydrogen-bond donors (Lipinski definition) is 1. The van der Waals surface area contributed by atoms with Gasteiger partial charge in [-0.1, -0.05) is 18.2 Å². The Morgan fingerprint density at radius 2 is 2.15 bits per heavy atom. The number of aromatic nitrogens is 1. The van der Waals surface area contributed by atoms with E-state index in [-0.39, 0.29) is 5.91 Å². The van der Waals surface area contributed by atoms with Gasteiger partial charge in [-0.3, -0.25) is 4.79 Å². The lowest BCUT2D eigenvalue weighted by Crippen LogP contribution is -2.31. The molecule has 0 atom stereocenters. The van der Waals surface area contributed by atoms with Crippen LogP contribution in [-0.2, 0) is 17.8 Å². The number of carbonyl (C=O) groups excluding carboxylic acids is 1. The first-order valence-electron chi connectivity index (χ1n) is 7.23. The van der Waals surface area contributed by atoms with Gasteiger partial charge in [-0.25, -0.2) is 0 Å². The fourth-order valence-corrected chi connectivity index (χ4v) is 2.73. The molecule has 1 heterocycles. The Bertz CT molecular complexity index is 628. The molecule has 20 heavy (non-hydrogen) atoms. The molecule has 1 aliphatic rings. The molecule has 3 rings (SSSR count). The van der Waals surface area contributed by atoms with E-state index in [4.69, 9.17) is 5.73 Å². The third kappa shape index (κ3) is 2.43. The normalized spacial score (nSPS) is 14.7. The molecule has 2 N–H and O–H groups in total. The van der Waals surface area contributed by atoms with Gasteiger partial charge in [-0.2, -0.15) is 0 Å². The summed E-state index contributed by atoms with van der Waals surface area (Å²) in [5.74, 6) is 0.188. The predicted octanol–water partition coefficient (Wildman–Crippen LogP) is 1.76. The van der Waals surface area contributed by atoms with Crippen LogP contribution in [0.3, 0.4) is 0 Å². The molecule has 0 unspecified atom stereocenters. The third-order valence-electron chi connectivity index (χ3n) is 4.08. The highest BCUT2D eigenvalue weighted by molar-refractivity contribution is 5.86. The second-order valence-corrected chi connectivity index (χ2v) is 5.57. The molecule has 0 aliphatic heterocycles. The summed E-state index contributed by atoms with van der Waals surface area (Å²) in [5, 5.41) is 1.21. The maximum atomic E-state index is 12.3. The van der Waals surface area contributed by atoms with E-state index in [0.717, 1.165) is 24.8 Å². The third-order valence-corrected chi connectivity index (χ3v) is 4.08. The molecule has 1 saturated carbocycles. The van der Waals surface area contributed by atoms with Gasteiger partial charge in [0.15, 0.2) is 0 Å². The number of amides is 1. The van der Waals surface area contributed by atoms with E-state index in [1.54, 1.807) is 0 Å². The minimum Gasteiger partial charge on any atom is -0.341 e. The van der Waals surface area contributed by atoms with E-state index in [1.165, 1.54) is 10.9 Å². The summed E-state index contributed by atoms with van der Waals surface area (Å²) in [6, 6.07) is 8.68. The van der Waals surface area contributed by atoms with Crippen molar-refractivity contribution in [2.45, 2.75) is 31.8 Å². The lowest BCUT2D eigenvalue weighted by atomic mass is 10.1. The topological polar surface area (TPSA) is 51.3 Å². The largest absolute Gasteiger partial charge is 0.341 e. The summed E-state index contributed by atoms with van der Waals surface area (Å²) in [5.41, 5.74) is 8.02. The van der Waals surface area contributed by atoms with Crippen molar-refractivity contribution in [2.75, 3.05) is 13.6 Å². The number of hydrogen-bond acceptors (Lipinski definition) is 2. The number of fused-ring (bicyclic) bond motifs is 1. The molecule has 1 amide bonds. The molecule has 1 aromatic heterocycles. The van der Waals surface area contributed by atoms with Gasteiger partial charge in [-0.15, -0.1) is 0 Å². The quantitative estimate of drug-likeness (QED) is 0.901. The smallest absolute Gasteiger partial charge is 0.242 e. The molecule has 0 saturated heterocycles. The summed E-state index contributed by atoms with van der Waals surface area (Å²) in [6.07, 6.45) is 5.22. The second-order valence-electron chi connectivity index (χ2n) is 5.57. The van der Waals surface area contributed by atoms with Crippen LogP contribution in [0.2, 0.25) is 0 Å². The first kappa shape index (κ1) is 13.2. The van der Waals surface area contributed by atoms with E-state index in [9.17, 15) is 4.79 Å². The molecule has 1 aliphatic carbocycles. The van der Waals surface area contributed by atoms with Gasteiger partial charge in [0.25, 0.3) is 0 Å². The number of likely N-dealkylation sites (N-methyl/N-ethyl adjacent to an activating group) is 1. The van der Waals surface area contributed by atoms with E-state index in [0.29, 0.717) is 19.1 Å². The van der Waals surface area contributed by atoms with Crippen molar-refractivity contribution >= 4 is 16.8 Å². The SMILES string of the molecule is CN(C(=O)Cn1cc(CCN)c2ccccc21)C1CC1. The van der Waals surface area contributed by atoms with E-state index in [2.05, 4.69) is 22.9 Å². The van der Waals surface area contributed by atoms with Crippen LogP contribution in [-0.4, -0.2) is 35.0 Å². The van der Waals surface area contributed by atoms with E-state index >= 15 is 0 Å². The summed E-state index contributed by atoms with van der Waals surface area (Å²) in [4.78, 5) is 14.2. The van der Waals surface area contributed by atoms with Gasteiger partial charge in [0.1, 0.15) is 6.54 Å². The van der Waals surface area contributed by atoms with Crippen molar-refractivity contribution in [3.63, 3.8) is 0 Å². The van der Waals surface area contributed by atoms with E-state index in [1.807, 2.05) is 24.1 Å². The zero-order chi connectivity index (χ0) is 14.1. The zero-order valence-corrected chi connectivity index (χ0v) is 11.9. The molecule has 4 nitrogen and oxygen atoms in total. The van der Waals surface area contributed by atoms with Crippen LogP contribution in [0.25, 0.3) is 10.9 Å². The highest BCUT2D eigenvalue weighted by Gasteiger charge is 2.29. The molecular weight excluding hydrogens is 250 g/mol. The fraction of sp³-hybridized carbons (Fsp3) is 0.438. The van der Waals surface area contributed by atoms with Crippen LogP contribution in [0.4, 0.5) is 0 Å². The van der Waals surface area contributed by atoms with Gasteiger partial charge >= 0.3 is 0 Å². The molecule has 106 valence electrons. The molecule has 0 radical (unpaired) electrons. The molecular formula is C16H21N3O. The summed E-state index contributed by atoms with van der Waals surface area (Å²) in [7, 11) is 1.91. The number of rotatable bonds is 5. The van der Waals surface area contributed by atoms with Gasteiger partial charge in [0.05, 0.1) is 0 Å². The van der Waals surface area contributed by atoms with Crippen molar-refractivity contribution < 1.29 is 4.79 Å². The van der Waals surface area contributed by atoms with Gasteiger partial charge in [0.2, 0.25) is 5.91 Å². The number of nitrogens with zero attached hydrogens (tertiary/aromatic N) is 2. The van der Waals surface area contributed by atoms with Crippen molar-refractivity contribution in [3.05, 3.63) is 36.0 Å². The summed E-state index contributed by atoms with van der Waals surface area (Å²) >= 11 is 0. The predicted molar refractivity (Wildman–Crippen MR) is 80.5 cm³/mol. The van der Waals surface area contributed by atoms with Crippen molar-refractivity contribution in [1.82, 2.24) is 9.47 Å². The standard InChI is InChI=1S/C16H21N3O/c1-18(13-6-7-13)16(20)11-19-10-12(8-9-17)14-4-2-3-5-15(14)19/h2-5,10,13H,6-9,11,17H2,1H3. The number of para-hydroxylation sites is 1. The van der Waals surface area contributed by atoms with Crippen LogP contribution in [0, 0.1) is 0 Å². The molecule has 0 spiro atoms. The highest BCUT2D eigenvalue weighted by Crippen LogP contribution is 2.26. The van der Waals surface area contributed by atoms with Gasteiger partial charge < -0.3 is 15.2 Å². The molecule has 4 heteroatoms. The van der Waals surface area contributed by atoms with Crippen molar-refractivity contribution in [1.29, 1.82) is 0 Å². The van der Waals surface area contributed by atoms with Crippen LogP contribution >= 0.6 is 0 Å². The fourth-order valence-electron chi connectivity index (χ4n) is 2.73. The molecule has 2 aromatic rings. The summed E-state index contributed by atoms with van der Waals surface area (Å²) in [6.45, 7) is 1.04. The Hall–Kier alpha value is -1.81. The van der Waals surface area contributed by atoms with Crippen LogP contribution in [0.5, 0.6) is 0 Å². The Morgan fingerprint density at radius 1 is 1.40 bits per heavy atom. The monoisotopic (exact) mass is 271 g/mol. The minimum absolute atomic E-state index is 0.188. The first-order valence-corrected chi connectivity index (χ1v) is 7.23. The highest BCUT2D eigenvalue weighted by atomic mass is 16.2. The minimum atomic E-state index is 0.188. The van der Waals surface area contributed by atoms with Gasteiger partial charge in [0, 0.05) is 30.2 Å². The van der Waals surface area contributed by atoms with Crippen molar-refractivity contribution in [3.8, 4) is 0 Å². The maximum Gasteiger partial charge on any atom is 0.242 e. The lowest BCUT2D eigenvalue weighted by molar-refractivity contribution is -0.130. The average molecular weight is 271 g/mol. The van der Waals surface area contributed by atoms with Gasteiger partial charge in [-0.05, 0) is 37.4 Å². The zero-order valence-electron chi connectivity index (χ0n) is 11.9. The van der Waals surface area contributed by atoms with E-state index < -0.39 is 0 Å². The van der Waals surface area contributed by atoms with Crippen LogP contribution in [0.1, 0.15) is 18.4 Å². The Kier molecular flexibility index (Phi) is 3.49. The second kappa shape index (κ2) is 5.29. The van der Waals surface area contributed by atoms with Crippen LogP contribution in [0.15, 0.2) is 30.5 Å². The molecule has 1 aromatic carbocycles. The van der Waals surface area contributed by atoms with Crippen LogP contribution < -0.4 is 5.73 Å². The Labute approximate surface area is 119 Å². The number of nitrogens with two attached hydrogens (primary N) is 1. The molecule has 0 bridgehead atoms. The Morgan fingerprint density at radius 3 is 2.85 bits per heavy atom. The average Bonchev–Trinajstić information content (AvgIpc) is 3.25.